The minimum absolute atomic E-state index is 0.273. The van der Waals surface area contributed by atoms with Crippen molar-refractivity contribution in [3.05, 3.63) is 0 Å². The Morgan fingerprint density at radius 1 is 0.800 bits per heavy atom. The van der Waals surface area contributed by atoms with Crippen LogP contribution in [0.2, 0.25) is 33.7 Å². The Bertz CT molecular complexity index is 148. The second-order valence-corrected chi connectivity index (χ2v) is 13.2. The normalized spacial score (nSPS) is 25.6. The Hall–Kier alpha value is 1.06. The van der Waals surface area contributed by atoms with Gasteiger partial charge in [-0.1, -0.05) is 36.2 Å². The first-order valence-corrected chi connectivity index (χ1v) is 13.3. The SMILES string of the molecule is [CH3][Al]([CH3])[CH2]CC1CCC(C[CH2][Al]([CH3])[CH3])C1. The van der Waals surface area contributed by atoms with Crippen molar-refractivity contribution in [3.63, 3.8) is 0 Å². The fourth-order valence-electron chi connectivity index (χ4n) is 2.84. The highest BCUT2D eigenvalue weighted by atomic mass is 27.2. The molecule has 2 unspecified atom stereocenters. The van der Waals surface area contributed by atoms with Crippen LogP contribution in [-0.2, 0) is 0 Å². The average Bonchev–Trinajstić information content (AvgIpc) is 2.59. The highest BCUT2D eigenvalue weighted by molar-refractivity contribution is 6.55. The van der Waals surface area contributed by atoms with Crippen molar-refractivity contribution in [1.82, 2.24) is 0 Å². The predicted molar refractivity (Wildman–Crippen MR) is 74.6 cm³/mol. The number of rotatable bonds is 6. The van der Waals surface area contributed by atoms with Crippen LogP contribution in [-0.4, -0.2) is 28.3 Å². The summed E-state index contributed by atoms with van der Waals surface area (Å²) >= 11 is -0.545. The van der Waals surface area contributed by atoms with E-state index in [1.165, 1.54) is 0 Å². The van der Waals surface area contributed by atoms with Gasteiger partial charge in [0.1, 0.15) is 0 Å². The molecule has 0 nitrogen and oxygen atoms in total. The summed E-state index contributed by atoms with van der Waals surface area (Å²) in [4.78, 5) is 0. The van der Waals surface area contributed by atoms with Gasteiger partial charge in [0.2, 0.25) is 0 Å². The lowest BCUT2D eigenvalue weighted by atomic mass is 10.0. The summed E-state index contributed by atoms with van der Waals surface area (Å²) in [5, 5.41) is 3.19. The van der Waals surface area contributed by atoms with E-state index in [-0.39, 0.29) is 28.3 Å². The van der Waals surface area contributed by atoms with Crippen LogP contribution >= 0.6 is 0 Å². The summed E-state index contributed by atoms with van der Waals surface area (Å²) in [7, 11) is 0. The zero-order valence-electron chi connectivity index (χ0n) is 11.3. The van der Waals surface area contributed by atoms with E-state index in [0.717, 1.165) is 11.8 Å². The fourth-order valence-corrected chi connectivity index (χ4v) is 5.12. The molecule has 0 spiro atoms. The van der Waals surface area contributed by atoms with Crippen LogP contribution in [0.25, 0.3) is 0 Å². The standard InChI is InChI=1S/C9H16.4CH3.2Al/c1-3-8-5-6-9(4-2)7-8;;;;;;/h8-9H,1-7H2;4*1H3;;. The van der Waals surface area contributed by atoms with E-state index < -0.39 is 0 Å². The van der Waals surface area contributed by atoms with E-state index >= 15 is 0 Å². The Balaban J connectivity index is 2.10. The molecule has 1 fully saturated rings. The fraction of sp³-hybridized carbons (Fsp3) is 1.00. The molecule has 0 radical (unpaired) electrons. The van der Waals surface area contributed by atoms with Gasteiger partial charge >= 0.3 is 0 Å². The van der Waals surface area contributed by atoms with Gasteiger partial charge in [-0.15, -0.1) is 23.1 Å². The van der Waals surface area contributed by atoms with Crippen molar-refractivity contribution >= 4 is 28.3 Å². The van der Waals surface area contributed by atoms with E-state index in [4.69, 9.17) is 0 Å². The molecule has 1 aliphatic carbocycles. The lowest BCUT2D eigenvalue weighted by Gasteiger charge is -2.11. The molecule has 0 saturated heterocycles. The Morgan fingerprint density at radius 2 is 1.20 bits per heavy atom. The van der Waals surface area contributed by atoms with Crippen molar-refractivity contribution in [3.8, 4) is 0 Å². The second-order valence-electron chi connectivity index (χ2n) is 6.49. The maximum absolute atomic E-state index is 2.50. The summed E-state index contributed by atoms with van der Waals surface area (Å²) in [6.45, 7) is 0. The van der Waals surface area contributed by atoms with Crippen molar-refractivity contribution < 1.29 is 0 Å². The molecule has 2 atom stereocenters. The summed E-state index contributed by atoms with van der Waals surface area (Å²) in [6, 6.07) is 0. The molecule has 1 aliphatic rings. The molecule has 0 aromatic carbocycles. The molecule has 0 aromatic rings. The Morgan fingerprint density at radius 3 is 1.53 bits per heavy atom. The van der Waals surface area contributed by atoms with Gasteiger partial charge in [0, 0.05) is 0 Å². The molecule has 2 heteroatoms. The molecule has 0 bridgehead atoms. The van der Waals surface area contributed by atoms with Gasteiger partial charge < -0.3 is 0 Å². The smallest absolute Gasteiger partial charge is 0.106 e. The van der Waals surface area contributed by atoms with Crippen LogP contribution in [0.4, 0.5) is 0 Å². The van der Waals surface area contributed by atoms with Crippen LogP contribution in [0.5, 0.6) is 0 Å². The maximum atomic E-state index is 2.50. The third-order valence-corrected chi connectivity index (χ3v) is 6.93. The van der Waals surface area contributed by atoms with Gasteiger partial charge in [-0.05, 0) is 18.3 Å². The largest absolute Gasteiger partial charge is 0.255 e. The average molecular weight is 238 g/mol. The molecule has 1 rings (SSSR count). The Labute approximate surface area is 106 Å². The van der Waals surface area contributed by atoms with Gasteiger partial charge in [0.25, 0.3) is 28.3 Å². The summed E-state index contributed by atoms with van der Waals surface area (Å²) in [5.74, 6) is 12.2. The van der Waals surface area contributed by atoms with Crippen LogP contribution in [0.1, 0.15) is 32.1 Å². The molecule has 0 aliphatic heterocycles. The lowest BCUT2D eigenvalue weighted by Crippen LogP contribution is -2.05. The molecule has 0 amide bonds. The highest BCUT2D eigenvalue weighted by Crippen LogP contribution is 2.37. The highest BCUT2D eigenvalue weighted by Gasteiger charge is 2.24. The van der Waals surface area contributed by atoms with Crippen molar-refractivity contribution in [2.24, 2.45) is 11.8 Å². The Kier molecular flexibility index (Phi) is 6.97. The zero-order chi connectivity index (χ0) is 11.3. The van der Waals surface area contributed by atoms with Gasteiger partial charge in [-0.25, -0.2) is 0 Å². The lowest BCUT2D eigenvalue weighted by molar-refractivity contribution is 0.469. The summed E-state index contributed by atoms with van der Waals surface area (Å²) in [6.07, 6.45) is 7.85. The molecule has 0 N–H and O–H groups in total. The molecule has 1 saturated carbocycles. The molecular formula is C13H28Al2. The number of hydrogen-bond acceptors (Lipinski definition) is 0. The monoisotopic (exact) mass is 238 g/mol. The quantitative estimate of drug-likeness (QED) is 0.589. The molecule has 0 heterocycles. The third kappa shape index (κ3) is 6.39. The van der Waals surface area contributed by atoms with Crippen LogP contribution < -0.4 is 0 Å². The van der Waals surface area contributed by atoms with Crippen LogP contribution in [0.3, 0.4) is 0 Å². The second kappa shape index (κ2) is 7.40. The summed E-state index contributed by atoms with van der Waals surface area (Å²) in [5.41, 5.74) is 0. The predicted octanol–water partition coefficient (Wildman–Crippen LogP) is 4.69. The summed E-state index contributed by atoms with van der Waals surface area (Å²) < 4.78 is 0. The molecular weight excluding hydrogens is 210 g/mol. The van der Waals surface area contributed by atoms with Crippen molar-refractivity contribution in [2.75, 3.05) is 0 Å². The van der Waals surface area contributed by atoms with E-state index in [0.29, 0.717) is 0 Å². The molecule has 0 aromatic heterocycles. The first-order valence-electron chi connectivity index (χ1n) is 7.08. The van der Waals surface area contributed by atoms with Crippen LogP contribution in [0.15, 0.2) is 0 Å². The van der Waals surface area contributed by atoms with Gasteiger partial charge in [0.15, 0.2) is 0 Å². The van der Waals surface area contributed by atoms with E-state index in [9.17, 15) is 0 Å². The zero-order valence-corrected chi connectivity index (χ0v) is 13.6. The van der Waals surface area contributed by atoms with Gasteiger partial charge in [-0.3, -0.25) is 0 Å². The molecule has 15 heavy (non-hydrogen) atoms. The van der Waals surface area contributed by atoms with E-state index in [1.807, 2.05) is 0 Å². The topological polar surface area (TPSA) is 0 Å². The first kappa shape index (κ1) is 14.1. The third-order valence-electron chi connectivity index (χ3n) is 3.95. The first-order chi connectivity index (χ1) is 7.08. The van der Waals surface area contributed by atoms with Crippen molar-refractivity contribution in [2.45, 2.75) is 65.8 Å². The minimum atomic E-state index is -0.273. The minimum Gasteiger partial charge on any atom is -0.106 e. The van der Waals surface area contributed by atoms with Crippen molar-refractivity contribution in [1.29, 1.82) is 0 Å². The number of hydrogen-bond donors (Lipinski definition) is 0. The van der Waals surface area contributed by atoms with E-state index in [2.05, 4.69) is 23.1 Å². The van der Waals surface area contributed by atoms with E-state index in [1.54, 1.807) is 42.7 Å². The van der Waals surface area contributed by atoms with Gasteiger partial charge in [-0.2, -0.15) is 0 Å². The van der Waals surface area contributed by atoms with Gasteiger partial charge in [0.05, 0.1) is 0 Å². The van der Waals surface area contributed by atoms with Crippen LogP contribution in [0, 0.1) is 11.8 Å². The maximum Gasteiger partial charge on any atom is 0.255 e. The molecule has 86 valence electrons.